The van der Waals surface area contributed by atoms with Gasteiger partial charge in [0.1, 0.15) is 5.82 Å². The van der Waals surface area contributed by atoms with Crippen LogP contribution in [-0.4, -0.2) is 40.5 Å². The number of anilines is 1. The van der Waals surface area contributed by atoms with Crippen LogP contribution < -0.4 is 5.32 Å². The lowest BCUT2D eigenvalue weighted by Crippen LogP contribution is -2.27. The molecule has 1 saturated heterocycles. The van der Waals surface area contributed by atoms with Gasteiger partial charge < -0.3 is 5.32 Å². The van der Waals surface area contributed by atoms with Crippen molar-refractivity contribution in [3.8, 4) is 0 Å². The van der Waals surface area contributed by atoms with Gasteiger partial charge in [-0.1, -0.05) is 25.4 Å². The number of nitrogens with one attached hydrogen (secondary N) is 1. The first-order valence-corrected chi connectivity index (χ1v) is 8.06. The van der Waals surface area contributed by atoms with Crippen molar-refractivity contribution in [1.29, 1.82) is 0 Å². The second-order valence-corrected chi connectivity index (χ2v) is 7.72. The van der Waals surface area contributed by atoms with Crippen LogP contribution in [0.4, 0.5) is 5.82 Å². The van der Waals surface area contributed by atoms with Crippen molar-refractivity contribution in [1.82, 2.24) is 9.88 Å². The highest BCUT2D eigenvalue weighted by Gasteiger charge is 2.24. The van der Waals surface area contributed by atoms with Gasteiger partial charge in [-0.05, 0) is 25.1 Å². The quantitative estimate of drug-likeness (QED) is 0.925. The summed E-state index contributed by atoms with van der Waals surface area (Å²) in [4.78, 5) is 7.01. The summed E-state index contributed by atoms with van der Waals surface area (Å²) in [5, 5.41) is 3.82. The Bertz CT molecular complexity index is 437. The van der Waals surface area contributed by atoms with E-state index in [-0.39, 0.29) is 0 Å². The lowest BCUT2D eigenvalue weighted by Gasteiger charge is -2.22. The van der Waals surface area contributed by atoms with Crippen LogP contribution in [0.3, 0.4) is 0 Å². The molecule has 0 saturated carbocycles. The van der Waals surface area contributed by atoms with Crippen LogP contribution in [-0.2, 0) is 6.54 Å². The van der Waals surface area contributed by atoms with Crippen molar-refractivity contribution >= 4 is 29.2 Å². The third-order valence-corrected chi connectivity index (χ3v) is 5.19. The summed E-state index contributed by atoms with van der Waals surface area (Å²) in [5.74, 6) is 2.06. The number of halogens is 1. The summed E-state index contributed by atoms with van der Waals surface area (Å²) in [6.45, 7) is 7.71. The van der Waals surface area contributed by atoms with Crippen LogP contribution in [0.2, 0.25) is 5.02 Å². The minimum absolute atomic E-state index is 0.388. The van der Waals surface area contributed by atoms with Crippen molar-refractivity contribution < 1.29 is 0 Å². The van der Waals surface area contributed by atoms with Crippen LogP contribution in [0.1, 0.15) is 26.0 Å². The molecule has 0 radical (unpaired) electrons. The standard InChI is InChI=1S/C14H22ClN3S/c1-14(2)6-7-18(8-9-19-14)10-12-11(15)4-5-13(16-3)17-12/h4-5H,6-10H2,1-3H3,(H,16,17). The van der Waals surface area contributed by atoms with Crippen molar-refractivity contribution in [2.45, 2.75) is 31.6 Å². The molecule has 1 aromatic heterocycles. The highest BCUT2D eigenvalue weighted by molar-refractivity contribution is 8.00. The molecular weight excluding hydrogens is 278 g/mol. The van der Waals surface area contributed by atoms with Crippen LogP contribution in [0.5, 0.6) is 0 Å². The van der Waals surface area contributed by atoms with Crippen LogP contribution in [0.15, 0.2) is 12.1 Å². The summed E-state index contributed by atoms with van der Waals surface area (Å²) < 4.78 is 0.388. The van der Waals surface area contributed by atoms with Crippen LogP contribution in [0, 0.1) is 0 Å². The molecule has 0 unspecified atom stereocenters. The van der Waals surface area contributed by atoms with Gasteiger partial charge in [0.15, 0.2) is 0 Å². The van der Waals surface area contributed by atoms with Gasteiger partial charge >= 0.3 is 0 Å². The van der Waals surface area contributed by atoms with Crippen LogP contribution in [0.25, 0.3) is 0 Å². The molecule has 0 atom stereocenters. The molecule has 1 aliphatic rings. The summed E-state index contributed by atoms with van der Waals surface area (Å²) in [7, 11) is 1.88. The molecule has 3 nitrogen and oxygen atoms in total. The van der Waals surface area contributed by atoms with E-state index in [0.717, 1.165) is 36.2 Å². The summed E-state index contributed by atoms with van der Waals surface area (Å²) in [6, 6.07) is 3.83. The second kappa shape index (κ2) is 6.33. The van der Waals surface area contributed by atoms with E-state index < -0.39 is 0 Å². The number of hydrogen-bond donors (Lipinski definition) is 1. The molecular formula is C14H22ClN3S. The van der Waals surface area contributed by atoms with Crippen molar-refractivity contribution in [2.75, 3.05) is 31.2 Å². The molecule has 0 amide bonds. The number of pyridine rings is 1. The maximum Gasteiger partial charge on any atom is 0.126 e. The second-order valence-electron chi connectivity index (χ2n) is 5.51. The first-order valence-electron chi connectivity index (χ1n) is 6.70. The molecule has 106 valence electrons. The van der Waals surface area contributed by atoms with Crippen molar-refractivity contribution in [2.24, 2.45) is 0 Å². The highest BCUT2D eigenvalue weighted by atomic mass is 35.5. The average Bonchev–Trinajstić information content (AvgIpc) is 2.54. The summed E-state index contributed by atoms with van der Waals surface area (Å²) in [6.07, 6.45) is 1.21. The fourth-order valence-corrected chi connectivity index (χ4v) is 3.47. The number of thioether (sulfide) groups is 1. The van der Waals surface area contributed by atoms with Crippen molar-refractivity contribution in [3.63, 3.8) is 0 Å². The molecule has 1 aromatic rings. The van der Waals surface area contributed by atoms with Gasteiger partial charge in [-0.15, -0.1) is 0 Å². The van der Waals surface area contributed by atoms with Gasteiger partial charge in [0, 0.05) is 30.6 Å². The van der Waals surface area contributed by atoms with E-state index in [1.54, 1.807) is 0 Å². The molecule has 1 fully saturated rings. The zero-order valence-corrected chi connectivity index (χ0v) is 13.4. The largest absolute Gasteiger partial charge is 0.373 e. The predicted molar refractivity (Wildman–Crippen MR) is 85.2 cm³/mol. The van der Waals surface area contributed by atoms with E-state index in [1.807, 2.05) is 19.2 Å². The molecule has 1 N–H and O–H groups in total. The maximum atomic E-state index is 6.25. The molecule has 0 spiro atoms. The minimum atomic E-state index is 0.388. The lowest BCUT2D eigenvalue weighted by atomic mass is 10.1. The van der Waals surface area contributed by atoms with E-state index in [2.05, 4.69) is 40.8 Å². The maximum absolute atomic E-state index is 6.25. The van der Waals surface area contributed by atoms with Gasteiger partial charge in [0.2, 0.25) is 0 Å². The number of hydrogen-bond acceptors (Lipinski definition) is 4. The molecule has 0 aliphatic carbocycles. The number of rotatable bonds is 3. The molecule has 2 heterocycles. The third kappa shape index (κ3) is 4.26. The number of nitrogens with zero attached hydrogens (tertiary/aromatic N) is 2. The van der Waals surface area contributed by atoms with Gasteiger partial charge in [-0.2, -0.15) is 11.8 Å². The SMILES string of the molecule is CNc1ccc(Cl)c(CN2CCSC(C)(C)CC2)n1. The Morgan fingerprint density at radius 2 is 2.21 bits per heavy atom. The van der Waals surface area contributed by atoms with E-state index in [9.17, 15) is 0 Å². The minimum Gasteiger partial charge on any atom is -0.373 e. The molecule has 1 aliphatic heterocycles. The summed E-state index contributed by atoms with van der Waals surface area (Å²) in [5.41, 5.74) is 0.971. The Labute approximate surface area is 125 Å². The number of aromatic nitrogens is 1. The molecule has 2 rings (SSSR count). The fourth-order valence-electron chi connectivity index (χ4n) is 2.17. The molecule has 0 aromatic carbocycles. The fraction of sp³-hybridized carbons (Fsp3) is 0.643. The van der Waals surface area contributed by atoms with E-state index >= 15 is 0 Å². The molecule has 19 heavy (non-hydrogen) atoms. The first kappa shape index (κ1) is 14.9. The third-order valence-electron chi connectivity index (χ3n) is 3.48. The van der Waals surface area contributed by atoms with Gasteiger partial charge in [-0.25, -0.2) is 4.98 Å². The Hall–Kier alpha value is -0.450. The van der Waals surface area contributed by atoms with Gasteiger partial charge in [0.25, 0.3) is 0 Å². The Kier molecular flexibility index (Phi) is 4.98. The smallest absolute Gasteiger partial charge is 0.126 e. The van der Waals surface area contributed by atoms with Gasteiger partial charge in [0.05, 0.1) is 10.7 Å². The van der Waals surface area contributed by atoms with E-state index in [1.165, 1.54) is 12.2 Å². The first-order chi connectivity index (χ1) is 9.00. The molecule has 0 bridgehead atoms. The monoisotopic (exact) mass is 299 g/mol. The average molecular weight is 300 g/mol. The Morgan fingerprint density at radius 1 is 1.42 bits per heavy atom. The summed E-state index contributed by atoms with van der Waals surface area (Å²) >= 11 is 8.31. The zero-order valence-electron chi connectivity index (χ0n) is 11.9. The Balaban J connectivity index is 2.04. The highest BCUT2D eigenvalue weighted by Crippen LogP contribution is 2.31. The van der Waals surface area contributed by atoms with E-state index in [0.29, 0.717) is 4.75 Å². The topological polar surface area (TPSA) is 28.2 Å². The zero-order chi connectivity index (χ0) is 13.9. The molecule has 5 heteroatoms. The van der Waals surface area contributed by atoms with Crippen molar-refractivity contribution in [3.05, 3.63) is 22.8 Å². The predicted octanol–water partition coefficient (Wildman–Crippen LogP) is 3.49. The Morgan fingerprint density at radius 3 is 2.95 bits per heavy atom. The lowest BCUT2D eigenvalue weighted by molar-refractivity contribution is 0.273. The van der Waals surface area contributed by atoms with Crippen LogP contribution >= 0.6 is 23.4 Å². The van der Waals surface area contributed by atoms with E-state index in [4.69, 9.17) is 11.6 Å². The van der Waals surface area contributed by atoms with Gasteiger partial charge in [-0.3, -0.25) is 4.90 Å². The normalized spacial score (nSPS) is 20.0.